The zero-order valence-corrected chi connectivity index (χ0v) is 16.0. The van der Waals surface area contributed by atoms with E-state index < -0.39 is 21.4 Å². The molecular formula is C19H22FN3O3S. The Labute approximate surface area is 158 Å². The van der Waals surface area contributed by atoms with Crippen LogP contribution in [-0.2, 0) is 14.8 Å². The molecule has 0 aromatic heterocycles. The maximum absolute atomic E-state index is 13.5. The molecule has 6 nitrogen and oxygen atoms in total. The summed E-state index contributed by atoms with van der Waals surface area (Å²) in [5, 5.41) is 5.64. The van der Waals surface area contributed by atoms with Gasteiger partial charge in [-0.1, -0.05) is 23.8 Å². The molecule has 2 aromatic rings. The molecule has 0 spiro atoms. The minimum absolute atomic E-state index is 0.0423. The number of hydrogen-bond donors (Lipinski definition) is 2. The molecule has 1 fully saturated rings. The van der Waals surface area contributed by atoms with Gasteiger partial charge in [-0.05, 0) is 43.7 Å². The Morgan fingerprint density at radius 1 is 1.19 bits per heavy atom. The summed E-state index contributed by atoms with van der Waals surface area (Å²) in [6, 6.07) is 12.4. The second-order valence-electron chi connectivity index (χ2n) is 6.70. The number of halogens is 1. The monoisotopic (exact) mass is 391 g/mol. The fourth-order valence-electron chi connectivity index (χ4n) is 3.27. The summed E-state index contributed by atoms with van der Waals surface area (Å²) in [5.41, 5.74) is 0.219. The molecule has 0 saturated carbocycles. The van der Waals surface area contributed by atoms with Crippen molar-refractivity contribution in [2.75, 3.05) is 25.5 Å². The van der Waals surface area contributed by atoms with E-state index in [0.717, 1.165) is 5.56 Å². The number of hydrogen-bond acceptors (Lipinski definition) is 4. The number of amides is 1. The van der Waals surface area contributed by atoms with Crippen LogP contribution in [0.5, 0.6) is 0 Å². The van der Waals surface area contributed by atoms with E-state index >= 15 is 0 Å². The van der Waals surface area contributed by atoms with Crippen LogP contribution >= 0.6 is 0 Å². The highest BCUT2D eigenvalue weighted by molar-refractivity contribution is 7.89. The summed E-state index contributed by atoms with van der Waals surface area (Å²) in [4.78, 5) is 12.8. The van der Waals surface area contributed by atoms with Crippen LogP contribution in [0.25, 0.3) is 0 Å². The third kappa shape index (κ3) is 3.81. The lowest BCUT2D eigenvalue weighted by atomic mass is 9.97. The highest BCUT2D eigenvalue weighted by Gasteiger charge is 2.48. The van der Waals surface area contributed by atoms with Crippen molar-refractivity contribution in [3.05, 3.63) is 59.9 Å². The molecule has 3 rings (SSSR count). The molecule has 1 amide bonds. The number of sulfonamides is 1. The summed E-state index contributed by atoms with van der Waals surface area (Å²) in [7, 11) is -2.23. The fourth-order valence-corrected chi connectivity index (χ4v) is 4.77. The van der Waals surface area contributed by atoms with Gasteiger partial charge in [-0.15, -0.1) is 0 Å². The SMILES string of the molecule is CNC(=O)C1(Nc2cccc(F)c2)CCN(S(=O)(=O)c2ccc(C)cc2)C1. The van der Waals surface area contributed by atoms with Gasteiger partial charge in [0.1, 0.15) is 11.4 Å². The van der Waals surface area contributed by atoms with Gasteiger partial charge < -0.3 is 10.6 Å². The summed E-state index contributed by atoms with van der Waals surface area (Å²) < 4.78 is 40.7. The van der Waals surface area contributed by atoms with Crippen molar-refractivity contribution in [3.63, 3.8) is 0 Å². The van der Waals surface area contributed by atoms with Gasteiger partial charge in [-0.25, -0.2) is 12.8 Å². The molecule has 1 unspecified atom stereocenters. The van der Waals surface area contributed by atoms with Crippen molar-refractivity contribution in [3.8, 4) is 0 Å². The lowest BCUT2D eigenvalue weighted by molar-refractivity contribution is -0.124. The maximum Gasteiger partial charge on any atom is 0.246 e. The molecule has 1 heterocycles. The summed E-state index contributed by atoms with van der Waals surface area (Å²) >= 11 is 0. The third-order valence-electron chi connectivity index (χ3n) is 4.76. The Hall–Kier alpha value is -2.45. The molecule has 0 bridgehead atoms. The minimum Gasteiger partial charge on any atom is -0.370 e. The summed E-state index contributed by atoms with van der Waals surface area (Å²) in [6.07, 6.45) is 0.272. The number of carbonyl (C=O) groups is 1. The second-order valence-corrected chi connectivity index (χ2v) is 8.64. The first kappa shape index (κ1) is 19.3. The normalized spacial score (nSPS) is 20.4. The second kappa shape index (κ2) is 7.28. The minimum atomic E-state index is -3.73. The maximum atomic E-state index is 13.5. The first-order valence-corrected chi connectivity index (χ1v) is 10.0. The van der Waals surface area contributed by atoms with Crippen LogP contribution in [0.3, 0.4) is 0 Å². The van der Waals surface area contributed by atoms with Gasteiger partial charge in [0.2, 0.25) is 15.9 Å². The van der Waals surface area contributed by atoms with E-state index in [4.69, 9.17) is 0 Å². The number of benzene rings is 2. The molecule has 1 atom stereocenters. The quantitative estimate of drug-likeness (QED) is 0.819. The number of anilines is 1. The van der Waals surface area contributed by atoms with Crippen LogP contribution in [0.2, 0.25) is 0 Å². The van der Waals surface area contributed by atoms with Crippen LogP contribution in [0, 0.1) is 12.7 Å². The molecule has 2 aromatic carbocycles. The Morgan fingerprint density at radius 3 is 2.52 bits per heavy atom. The van der Waals surface area contributed by atoms with E-state index in [0.29, 0.717) is 5.69 Å². The van der Waals surface area contributed by atoms with Gasteiger partial charge in [-0.2, -0.15) is 4.31 Å². The van der Waals surface area contributed by atoms with Crippen LogP contribution in [0.15, 0.2) is 53.4 Å². The molecule has 27 heavy (non-hydrogen) atoms. The number of aryl methyl sites for hydroxylation is 1. The Morgan fingerprint density at radius 2 is 1.89 bits per heavy atom. The van der Waals surface area contributed by atoms with Crippen molar-refractivity contribution < 1.29 is 17.6 Å². The van der Waals surface area contributed by atoms with Crippen molar-refractivity contribution in [1.29, 1.82) is 0 Å². The Kier molecular flexibility index (Phi) is 5.21. The molecule has 1 aliphatic rings. The van der Waals surface area contributed by atoms with Gasteiger partial charge in [-0.3, -0.25) is 4.79 Å². The van der Waals surface area contributed by atoms with Crippen molar-refractivity contribution >= 4 is 21.6 Å². The van der Waals surface area contributed by atoms with Gasteiger partial charge in [0.15, 0.2) is 0 Å². The van der Waals surface area contributed by atoms with E-state index in [1.54, 1.807) is 30.3 Å². The number of carbonyl (C=O) groups excluding carboxylic acids is 1. The summed E-state index contributed by atoms with van der Waals surface area (Å²) in [5.74, 6) is -0.775. The van der Waals surface area contributed by atoms with Crippen LogP contribution < -0.4 is 10.6 Å². The van der Waals surface area contributed by atoms with E-state index in [1.807, 2.05) is 6.92 Å². The fraction of sp³-hybridized carbons (Fsp3) is 0.316. The topological polar surface area (TPSA) is 78.5 Å². The predicted octanol–water partition coefficient (Wildman–Crippen LogP) is 2.13. The molecule has 0 radical (unpaired) electrons. The average molecular weight is 391 g/mol. The van der Waals surface area contributed by atoms with E-state index in [-0.39, 0.29) is 30.3 Å². The van der Waals surface area contributed by atoms with Gasteiger partial charge >= 0.3 is 0 Å². The molecule has 1 saturated heterocycles. The van der Waals surface area contributed by atoms with Gasteiger partial charge in [0.05, 0.1) is 4.90 Å². The van der Waals surface area contributed by atoms with Crippen molar-refractivity contribution in [2.45, 2.75) is 23.8 Å². The summed E-state index contributed by atoms with van der Waals surface area (Å²) in [6.45, 7) is 2.02. The molecular weight excluding hydrogens is 369 g/mol. The zero-order valence-electron chi connectivity index (χ0n) is 15.2. The number of rotatable bonds is 5. The van der Waals surface area contributed by atoms with Gasteiger partial charge in [0, 0.05) is 25.8 Å². The largest absolute Gasteiger partial charge is 0.370 e. The molecule has 8 heteroatoms. The Bertz CT molecular complexity index is 947. The number of nitrogens with one attached hydrogen (secondary N) is 2. The lowest BCUT2D eigenvalue weighted by Gasteiger charge is -2.30. The first-order chi connectivity index (χ1) is 12.8. The standard InChI is InChI=1S/C19H22FN3O3S/c1-14-6-8-17(9-7-14)27(25,26)23-11-10-19(13-23,18(24)21-2)22-16-5-3-4-15(20)12-16/h3-9,12,22H,10-11,13H2,1-2H3,(H,21,24). The van der Waals surface area contributed by atoms with Crippen molar-refractivity contribution in [1.82, 2.24) is 9.62 Å². The smallest absolute Gasteiger partial charge is 0.246 e. The number of nitrogens with zero attached hydrogens (tertiary/aromatic N) is 1. The lowest BCUT2D eigenvalue weighted by Crippen LogP contribution is -2.54. The van der Waals surface area contributed by atoms with E-state index in [2.05, 4.69) is 10.6 Å². The van der Waals surface area contributed by atoms with E-state index in [1.165, 1.54) is 29.6 Å². The highest BCUT2D eigenvalue weighted by atomic mass is 32.2. The third-order valence-corrected chi connectivity index (χ3v) is 6.62. The molecule has 144 valence electrons. The van der Waals surface area contributed by atoms with Gasteiger partial charge in [0.25, 0.3) is 0 Å². The van der Waals surface area contributed by atoms with Crippen LogP contribution in [-0.4, -0.2) is 44.3 Å². The van der Waals surface area contributed by atoms with E-state index in [9.17, 15) is 17.6 Å². The Balaban J connectivity index is 1.90. The van der Waals surface area contributed by atoms with Crippen LogP contribution in [0.4, 0.5) is 10.1 Å². The average Bonchev–Trinajstić information content (AvgIpc) is 3.07. The van der Waals surface area contributed by atoms with Crippen molar-refractivity contribution in [2.24, 2.45) is 0 Å². The molecule has 1 aliphatic heterocycles. The highest BCUT2D eigenvalue weighted by Crippen LogP contribution is 2.31. The first-order valence-electron chi connectivity index (χ1n) is 8.60. The number of likely N-dealkylation sites (N-methyl/N-ethyl adjacent to an activating group) is 1. The predicted molar refractivity (Wildman–Crippen MR) is 101 cm³/mol. The molecule has 0 aliphatic carbocycles. The zero-order chi connectivity index (χ0) is 19.7. The molecule has 2 N–H and O–H groups in total. The van der Waals surface area contributed by atoms with Crippen LogP contribution in [0.1, 0.15) is 12.0 Å².